The molecular formula is C11H13N3O3S. The van der Waals surface area contributed by atoms with E-state index in [2.05, 4.69) is 10.1 Å². The van der Waals surface area contributed by atoms with Crippen LogP contribution in [0, 0.1) is 6.92 Å². The van der Waals surface area contributed by atoms with Crippen molar-refractivity contribution in [3.05, 3.63) is 35.8 Å². The molecule has 2 rings (SSSR count). The van der Waals surface area contributed by atoms with Crippen LogP contribution in [0.1, 0.15) is 11.3 Å². The zero-order valence-electron chi connectivity index (χ0n) is 10.0. The molecule has 2 heterocycles. The topological polar surface area (TPSA) is 85.1 Å². The molecule has 0 atom stereocenters. The lowest BCUT2D eigenvalue weighted by molar-refractivity contribution is 0.280. The highest BCUT2D eigenvalue weighted by atomic mass is 32.2. The molecule has 0 unspecified atom stereocenters. The van der Waals surface area contributed by atoms with Crippen LogP contribution in [0.25, 0.3) is 5.82 Å². The van der Waals surface area contributed by atoms with Gasteiger partial charge in [-0.05, 0) is 18.6 Å². The number of pyridine rings is 1. The highest BCUT2D eigenvalue weighted by Crippen LogP contribution is 2.13. The second-order valence-corrected chi connectivity index (χ2v) is 5.98. The molecular weight excluding hydrogens is 254 g/mol. The molecule has 0 saturated heterocycles. The lowest BCUT2D eigenvalue weighted by Crippen LogP contribution is -2.02. The summed E-state index contributed by atoms with van der Waals surface area (Å²) in [7, 11) is -3.26. The summed E-state index contributed by atoms with van der Waals surface area (Å²) in [5.41, 5.74) is 1.42. The van der Waals surface area contributed by atoms with Crippen LogP contribution in [0.5, 0.6) is 0 Å². The van der Waals surface area contributed by atoms with E-state index in [9.17, 15) is 8.42 Å². The number of aliphatic hydroxyl groups excluding tert-OH is 1. The number of aliphatic hydroxyl groups is 1. The normalized spacial score (nSPS) is 11.7. The van der Waals surface area contributed by atoms with Crippen LogP contribution in [-0.2, 0) is 16.4 Å². The Morgan fingerprint density at radius 1 is 1.39 bits per heavy atom. The predicted octanol–water partition coefficient (Wildman–Crippen LogP) is 0.472. The van der Waals surface area contributed by atoms with E-state index in [1.807, 2.05) is 0 Å². The maximum absolute atomic E-state index is 11.3. The summed E-state index contributed by atoms with van der Waals surface area (Å²) in [6, 6.07) is 3.41. The Hall–Kier alpha value is -1.73. The zero-order valence-corrected chi connectivity index (χ0v) is 10.8. The molecule has 2 aromatic rings. The van der Waals surface area contributed by atoms with Gasteiger partial charge in [-0.2, -0.15) is 5.10 Å². The third-order valence-corrected chi connectivity index (χ3v) is 3.64. The van der Waals surface area contributed by atoms with Crippen molar-refractivity contribution in [3.8, 4) is 5.82 Å². The van der Waals surface area contributed by atoms with Gasteiger partial charge in [-0.1, -0.05) is 6.07 Å². The summed E-state index contributed by atoms with van der Waals surface area (Å²) >= 11 is 0. The number of hydrogen-bond donors (Lipinski definition) is 1. The molecule has 2 aromatic heterocycles. The van der Waals surface area contributed by atoms with E-state index in [0.29, 0.717) is 11.5 Å². The Morgan fingerprint density at radius 2 is 2.11 bits per heavy atom. The monoisotopic (exact) mass is 267 g/mol. The molecule has 0 fully saturated rings. The summed E-state index contributed by atoms with van der Waals surface area (Å²) in [5, 5.41) is 13.0. The average molecular weight is 267 g/mol. The fraction of sp³-hybridized carbons (Fsp3) is 0.273. The van der Waals surface area contributed by atoms with Gasteiger partial charge in [0.25, 0.3) is 0 Å². The number of aryl methyl sites for hydroxylation is 1. The van der Waals surface area contributed by atoms with Gasteiger partial charge in [0.1, 0.15) is 4.90 Å². The summed E-state index contributed by atoms with van der Waals surface area (Å²) in [6.45, 7) is 1.70. The fourth-order valence-corrected chi connectivity index (χ4v) is 2.02. The van der Waals surface area contributed by atoms with E-state index in [1.54, 1.807) is 19.1 Å². The first-order valence-electron chi connectivity index (χ1n) is 5.24. The quantitative estimate of drug-likeness (QED) is 0.873. The number of rotatable bonds is 3. The van der Waals surface area contributed by atoms with Crippen LogP contribution in [0.2, 0.25) is 0 Å². The van der Waals surface area contributed by atoms with Gasteiger partial charge in [-0.3, -0.25) is 0 Å². The SMILES string of the molecule is Cc1nc(-n2cc(S(C)(=O)=O)cn2)ccc1CO. The maximum atomic E-state index is 11.3. The molecule has 0 bridgehead atoms. The molecule has 0 aromatic carbocycles. The molecule has 0 aliphatic heterocycles. The van der Waals surface area contributed by atoms with Crippen LogP contribution in [0.3, 0.4) is 0 Å². The number of nitrogens with zero attached hydrogens (tertiary/aromatic N) is 3. The molecule has 0 spiro atoms. The highest BCUT2D eigenvalue weighted by Gasteiger charge is 2.11. The fourth-order valence-electron chi connectivity index (χ4n) is 1.49. The first kappa shape index (κ1) is 12.7. The van der Waals surface area contributed by atoms with E-state index < -0.39 is 9.84 Å². The first-order valence-corrected chi connectivity index (χ1v) is 7.13. The van der Waals surface area contributed by atoms with Crippen LogP contribution < -0.4 is 0 Å². The molecule has 0 aliphatic carbocycles. The van der Waals surface area contributed by atoms with Gasteiger partial charge in [0.15, 0.2) is 15.7 Å². The van der Waals surface area contributed by atoms with Gasteiger partial charge in [0.2, 0.25) is 0 Å². The van der Waals surface area contributed by atoms with Crippen LogP contribution in [0.4, 0.5) is 0 Å². The third kappa shape index (κ3) is 2.41. The minimum absolute atomic E-state index is 0.0766. The predicted molar refractivity (Wildman–Crippen MR) is 65.1 cm³/mol. The number of hydrogen-bond acceptors (Lipinski definition) is 5. The van der Waals surface area contributed by atoms with Crippen molar-refractivity contribution in [2.24, 2.45) is 0 Å². The van der Waals surface area contributed by atoms with Crippen LogP contribution in [0.15, 0.2) is 29.4 Å². The Kier molecular flexibility index (Phi) is 3.18. The van der Waals surface area contributed by atoms with Crippen molar-refractivity contribution in [3.63, 3.8) is 0 Å². The van der Waals surface area contributed by atoms with Gasteiger partial charge in [-0.15, -0.1) is 0 Å². The van der Waals surface area contributed by atoms with Crippen molar-refractivity contribution in [2.75, 3.05) is 6.26 Å². The van der Waals surface area contributed by atoms with Gasteiger partial charge < -0.3 is 5.11 Å². The van der Waals surface area contributed by atoms with Crippen molar-refractivity contribution in [1.29, 1.82) is 0 Å². The first-order chi connectivity index (χ1) is 8.41. The summed E-state index contributed by atoms with van der Waals surface area (Å²) in [6.07, 6.45) is 3.82. The van der Waals surface area contributed by atoms with Crippen LogP contribution in [-0.4, -0.2) is 34.5 Å². The summed E-state index contributed by atoms with van der Waals surface area (Å²) in [5.74, 6) is 0.514. The maximum Gasteiger partial charge on any atom is 0.178 e. The van der Waals surface area contributed by atoms with Crippen molar-refractivity contribution < 1.29 is 13.5 Å². The second-order valence-electron chi connectivity index (χ2n) is 3.96. The smallest absolute Gasteiger partial charge is 0.178 e. The average Bonchev–Trinajstić information content (AvgIpc) is 2.77. The molecule has 0 saturated carbocycles. The van der Waals surface area contributed by atoms with E-state index in [-0.39, 0.29) is 11.5 Å². The van der Waals surface area contributed by atoms with Crippen molar-refractivity contribution in [2.45, 2.75) is 18.4 Å². The van der Waals surface area contributed by atoms with Crippen molar-refractivity contribution >= 4 is 9.84 Å². The van der Waals surface area contributed by atoms with Gasteiger partial charge in [-0.25, -0.2) is 18.1 Å². The van der Waals surface area contributed by atoms with Gasteiger partial charge in [0.05, 0.1) is 19.0 Å². The summed E-state index contributed by atoms with van der Waals surface area (Å²) < 4.78 is 24.1. The largest absolute Gasteiger partial charge is 0.392 e. The number of aromatic nitrogens is 3. The van der Waals surface area contributed by atoms with Gasteiger partial charge in [0, 0.05) is 11.9 Å². The van der Waals surface area contributed by atoms with E-state index in [4.69, 9.17) is 5.11 Å². The molecule has 0 amide bonds. The Balaban J connectivity index is 2.44. The minimum Gasteiger partial charge on any atom is -0.392 e. The van der Waals surface area contributed by atoms with E-state index in [0.717, 1.165) is 11.8 Å². The molecule has 96 valence electrons. The molecule has 7 heteroatoms. The van der Waals surface area contributed by atoms with E-state index in [1.165, 1.54) is 17.1 Å². The molecule has 0 radical (unpaired) electrons. The van der Waals surface area contributed by atoms with Crippen molar-refractivity contribution in [1.82, 2.24) is 14.8 Å². The lowest BCUT2D eigenvalue weighted by Gasteiger charge is -2.05. The molecule has 0 aliphatic rings. The van der Waals surface area contributed by atoms with E-state index >= 15 is 0 Å². The highest BCUT2D eigenvalue weighted by molar-refractivity contribution is 7.90. The molecule has 6 nitrogen and oxygen atoms in total. The second kappa shape index (κ2) is 4.51. The van der Waals surface area contributed by atoms with Crippen LogP contribution >= 0.6 is 0 Å². The third-order valence-electron chi connectivity index (χ3n) is 2.57. The van der Waals surface area contributed by atoms with Gasteiger partial charge >= 0.3 is 0 Å². The Labute approximate surface area is 105 Å². The molecule has 18 heavy (non-hydrogen) atoms. The Bertz CT molecular complexity index is 677. The molecule has 1 N–H and O–H groups in total. The zero-order chi connectivity index (χ0) is 13.3. The minimum atomic E-state index is -3.26. The summed E-state index contributed by atoms with van der Waals surface area (Å²) in [4.78, 5) is 4.40. The Morgan fingerprint density at radius 3 is 2.61 bits per heavy atom. The lowest BCUT2D eigenvalue weighted by atomic mass is 10.2. The number of sulfone groups is 1. The standard InChI is InChI=1S/C11H13N3O3S/c1-8-9(7-15)3-4-11(13-8)14-6-10(5-12-14)18(2,16)17/h3-6,15H,7H2,1-2H3.